The summed E-state index contributed by atoms with van der Waals surface area (Å²) in [6, 6.07) is 2.79. The molecule has 0 unspecified atom stereocenters. The van der Waals surface area contributed by atoms with E-state index in [1.165, 1.54) is 12.1 Å². The van der Waals surface area contributed by atoms with Crippen LogP contribution in [0.25, 0.3) is 0 Å². The van der Waals surface area contributed by atoms with Gasteiger partial charge in [0.1, 0.15) is 0 Å². The minimum Gasteiger partial charge on any atom is -0.505 e. The zero-order chi connectivity index (χ0) is 6.43. The molecule has 3 heteroatoms. The van der Waals surface area contributed by atoms with Crippen molar-refractivity contribution in [3.05, 3.63) is 17.9 Å². The van der Waals surface area contributed by atoms with Crippen LogP contribution in [-0.4, -0.2) is 5.11 Å². The Kier molecular flexibility index (Phi) is 0.605. The van der Waals surface area contributed by atoms with E-state index in [1.807, 2.05) is 0 Å². The topological polar surface area (TPSA) is 32.8 Å². The van der Waals surface area contributed by atoms with Crippen LogP contribution in [-0.2, 0) is 0 Å². The van der Waals surface area contributed by atoms with E-state index in [-0.39, 0.29) is 11.5 Å². The molecule has 2 nitrogen and oxygen atoms in total. The van der Waals surface area contributed by atoms with Crippen molar-refractivity contribution in [2.75, 3.05) is 0 Å². The van der Waals surface area contributed by atoms with Gasteiger partial charge in [0, 0.05) is 0 Å². The van der Waals surface area contributed by atoms with Crippen molar-refractivity contribution in [3.8, 4) is 17.2 Å². The summed E-state index contributed by atoms with van der Waals surface area (Å²) in [4.78, 5) is 0. The van der Waals surface area contributed by atoms with Gasteiger partial charge in [-0.2, -0.15) is 4.39 Å². The molecule has 1 aromatic carbocycles. The predicted octanol–water partition coefficient (Wildman–Crippen LogP) is 1.64. The monoisotopic (exact) mass is 126 g/mol. The lowest BCUT2D eigenvalue weighted by molar-refractivity contribution is 0.429. The smallest absolute Gasteiger partial charge is 0.211 e. The van der Waals surface area contributed by atoms with E-state index in [4.69, 9.17) is 5.11 Å². The van der Waals surface area contributed by atoms with Crippen LogP contribution in [0, 0.1) is 5.82 Å². The molecule has 1 aromatic rings. The van der Waals surface area contributed by atoms with Gasteiger partial charge in [0.25, 0.3) is 0 Å². The molecule has 0 radical (unpaired) electrons. The number of rotatable bonds is 0. The molecule has 2 rings (SSSR count). The average Bonchev–Trinajstić information content (AvgIpc) is 2.58. The first-order valence-corrected chi connectivity index (χ1v) is 2.48. The standard InChI is InChI=1S/C6H3FO2/c7-5-3(8)1-2-4-6(5)9-4/h1-2,8H. The first-order chi connectivity index (χ1) is 4.29. The van der Waals surface area contributed by atoms with Gasteiger partial charge in [0.05, 0.1) is 0 Å². The van der Waals surface area contributed by atoms with Gasteiger partial charge in [-0.05, 0) is 12.1 Å². The zero-order valence-electron chi connectivity index (χ0n) is 4.39. The summed E-state index contributed by atoms with van der Waals surface area (Å²) >= 11 is 0. The highest BCUT2D eigenvalue weighted by atomic mass is 19.1. The fourth-order valence-electron chi connectivity index (χ4n) is 0.691. The van der Waals surface area contributed by atoms with Crippen molar-refractivity contribution in [2.45, 2.75) is 0 Å². The summed E-state index contributed by atoms with van der Waals surface area (Å²) in [5.74, 6) is -0.320. The second kappa shape index (κ2) is 1.18. The maximum absolute atomic E-state index is 12.4. The summed E-state index contributed by atoms with van der Waals surface area (Å²) in [7, 11) is 0. The van der Waals surface area contributed by atoms with Gasteiger partial charge in [-0.1, -0.05) is 0 Å². The maximum atomic E-state index is 12.4. The third-order valence-electron chi connectivity index (χ3n) is 1.21. The first-order valence-electron chi connectivity index (χ1n) is 2.48. The maximum Gasteiger partial charge on any atom is 0.211 e. The molecule has 9 heavy (non-hydrogen) atoms. The van der Waals surface area contributed by atoms with Gasteiger partial charge < -0.3 is 9.84 Å². The van der Waals surface area contributed by atoms with Crippen molar-refractivity contribution in [3.63, 3.8) is 0 Å². The first kappa shape index (κ1) is 4.61. The lowest BCUT2D eigenvalue weighted by atomic mass is 10.3. The Labute approximate surface area is 50.5 Å². The average molecular weight is 126 g/mol. The second-order valence-electron chi connectivity index (χ2n) is 1.83. The lowest BCUT2D eigenvalue weighted by Gasteiger charge is -1.84. The summed E-state index contributed by atoms with van der Waals surface area (Å²) in [5.41, 5.74) is 0. The largest absolute Gasteiger partial charge is 0.505 e. The van der Waals surface area contributed by atoms with E-state index in [0.717, 1.165) is 0 Å². The Morgan fingerprint density at radius 2 is 2.22 bits per heavy atom. The highest BCUT2D eigenvalue weighted by Crippen LogP contribution is 2.49. The minimum absolute atomic E-state index is 0.176. The Bertz CT molecular complexity index is 266. The van der Waals surface area contributed by atoms with Crippen molar-refractivity contribution in [1.29, 1.82) is 0 Å². The highest BCUT2D eigenvalue weighted by molar-refractivity contribution is 5.58. The second-order valence-corrected chi connectivity index (χ2v) is 1.83. The predicted molar refractivity (Wildman–Crippen MR) is 28.1 cm³/mol. The number of hydrogen-bond acceptors (Lipinski definition) is 2. The zero-order valence-corrected chi connectivity index (χ0v) is 4.39. The molecule has 0 amide bonds. The van der Waals surface area contributed by atoms with Gasteiger partial charge in [-0.3, -0.25) is 0 Å². The summed E-state index contributed by atoms with van der Waals surface area (Å²) in [6.45, 7) is 0. The van der Waals surface area contributed by atoms with Crippen molar-refractivity contribution < 1.29 is 14.2 Å². The van der Waals surface area contributed by atoms with Gasteiger partial charge in [0.15, 0.2) is 11.5 Å². The minimum atomic E-state index is -0.660. The van der Waals surface area contributed by atoms with Crippen molar-refractivity contribution in [1.82, 2.24) is 0 Å². The van der Waals surface area contributed by atoms with E-state index in [1.54, 1.807) is 0 Å². The van der Waals surface area contributed by atoms with Crippen LogP contribution in [0.15, 0.2) is 12.1 Å². The molecule has 0 saturated heterocycles. The summed E-state index contributed by atoms with van der Waals surface area (Å²) < 4.78 is 17.0. The van der Waals surface area contributed by atoms with Crippen LogP contribution in [0.1, 0.15) is 0 Å². The fraction of sp³-hybridized carbons (Fsp3) is 0. The molecule has 1 N–H and O–H groups in total. The summed E-state index contributed by atoms with van der Waals surface area (Å²) in [5, 5.41) is 8.68. The number of ether oxygens (including phenoxy) is 1. The molecule has 0 spiro atoms. The van der Waals surface area contributed by atoms with Crippen LogP contribution in [0.5, 0.6) is 17.2 Å². The molecule has 0 atom stereocenters. The van der Waals surface area contributed by atoms with E-state index >= 15 is 0 Å². The fourth-order valence-corrected chi connectivity index (χ4v) is 0.691. The number of phenolic OH excluding ortho intramolecular Hbond substituents is 1. The third kappa shape index (κ3) is 0.483. The Balaban J connectivity index is 2.70. The van der Waals surface area contributed by atoms with E-state index < -0.39 is 5.82 Å². The number of phenols is 1. The van der Waals surface area contributed by atoms with Gasteiger partial charge in [-0.25, -0.2) is 0 Å². The Morgan fingerprint density at radius 1 is 1.44 bits per heavy atom. The molecule has 0 bridgehead atoms. The molecule has 1 aliphatic rings. The van der Waals surface area contributed by atoms with Crippen LogP contribution in [0.4, 0.5) is 4.39 Å². The number of aromatic hydroxyl groups is 1. The van der Waals surface area contributed by atoms with Crippen molar-refractivity contribution >= 4 is 0 Å². The van der Waals surface area contributed by atoms with Crippen LogP contribution >= 0.6 is 0 Å². The Morgan fingerprint density at radius 3 is 2.89 bits per heavy atom. The molecule has 1 heterocycles. The lowest BCUT2D eigenvalue weighted by Crippen LogP contribution is -1.65. The number of hydrogen-bond donors (Lipinski definition) is 1. The molecular weight excluding hydrogens is 123 g/mol. The number of benzene rings is 1. The molecule has 0 aromatic heterocycles. The highest BCUT2D eigenvalue weighted by Gasteiger charge is 2.27. The van der Waals surface area contributed by atoms with Crippen molar-refractivity contribution in [2.24, 2.45) is 0 Å². The van der Waals surface area contributed by atoms with Crippen LogP contribution in [0.3, 0.4) is 0 Å². The van der Waals surface area contributed by atoms with Gasteiger partial charge in [0.2, 0.25) is 11.6 Å². The Hall–Kier alpha value is -1.25. The SMILES string of the molecule is Oc1ccc2c(c1F)O2. The molecule has 0 aliphatic carbocycles. The van der Waals surface area contributed by atoms with E-state index in [9.17, 15) is 4.39 Å². The van der Waals surface area contributed by atoms with Crippen LogP contribution in [0.2, 0.25) is 0 Å². The quantitative estimate of drug-likeness (QED) is 0.544. The molecule has 1 aliphatic heterocycles. The third-order valence-corrected chi connectivity index (χ3v) is 1.21. The van der Waals surface area contributed by atoms with E-state index in [2.05, 4.69) is 4.74 Å². The molecule has 0 saturated carbocycles. The van der Waals surface area contributed by atoms with Gasteiger partial charge in [-0.15, -0.1) is 0 Å². The van der Waals surface area contributed by atoms with Crippen LogP contribution < -0.4 is 4.74 Å². The molecule has 46 valence electrons. The molecule has 0 fully saturated rings. The number of halogens is 1. The summed E-state index contributed by atoms with van der Waals surface area (Å²) in [6.07, 6.45) is 0. The molecular formula is C6H3FO2. The van der Waals surface area contributed by atoms with Gasteiger partial charge >= 0.3 is 0 Å². The normalized spacial score (nSPS) is 12.1. The number of fused-ring (bicyclic) bond motifs is 1. The van der Waals surface area contributed by atoms with E-state index in [0.29, 0.717) is 5.75 Å².